The maximum Gasteiger partial charge on any atom is 0.186 e. The number of hydrogen-bond donors (Lipinski definition) is 1. The van der Waals surface area contributed by atoms with E-state index >= 15 is 0 Å². The van der Waals surface area contributed by atoms with Gasteiger partial charge in [0.05, 0.1) is 5.69 Å². The molecule has 0 aromatic carbocycles. The van der Waals surface area contributed by atoms with Gasteiger partial charge in [-0.1, -0.05) is 11.8 Å². The number of thioether (sulfide) groups is 1. The summed E-state index contributed by atoms with van der Waals surface area (Å²) in [7, 11) is 1.91. The van der Waals surface area contributed by atoms with Crippen LogP contribution in [0.1, 0.15) is 19.0 Å². The fourth-order valence-electron chi connectivity index (χ4n) is 1.94. The summed E-state index contributed by atoms with van der Waals surface area (Å²) in [5.41, 5.74) is 2.22. The second-order valence-electron chi connectivity index (χ2n) is 4.20. The van der Waals surface area contributed by atoms with Crippen LogP contribution in [-0.4, -0.2) is 33.2 Å². The van der Waals surface area contributed by atoms with Crippen LogP contribution in [0.3, 0.4) is 0 Å². The van der Waals surface area contributed by atoms with Gasteiger partial charge in [-0.3, -0.25) is 9.48 Å². The summed E-state index contributed by atoms with van der Waals surface area (Å²) in [5, 5.41) is 8.16. The van der Waals surface area contributed by atoms with Gasteiger partial charge in [-0.25, -0.2) is 0 Å². The monoisotopic (exact) mass is 251 g/mol. The van der Waals surface area contributed by atoms with E-state index in [0.717, 1.165) is 25.2 Å². The molecule has 92 valence electrons. The highest BCUT2D eigenvalue weighted by molar-refractivity contribution is 8.14. The number of aromatic nitrogens is 2. The molecule has 4 nitrogen and oxygen atoms in total. The molecular formula is C12H17N3OS. The van der Waals surface area contributed by atoms with E-state index in [2.05, 4.69) is 16.5 Å². The molecule has 5 heteroatoms. The average molecular weight is 251 g/mol. The zero-order valence-electron chi connectivity index (χ0n) is 10.1. The summed E-state index contributed by atoms with van der Waals surface area (Å²) in [6.07, 6.45) is 5.02. The van der Waals surface area contributed by atoms with E-state index < -0.39 is 0 Å². The van der Waals surface area contributed by atoms with Crippen molar-refractivity contribution in [2.24, 2.45) is 7.05 Å². The third-order valence-electron chi connectivity index (χ3n) is 2.70. The number of carbonyl (C=O) groups is 1. The smallest absolute Gasteiger partial charge is 0.186 e. The zero-order chi connectivity index (χ0) is 12.3. The van der Waals surface area contributed by atoms with Gasteiger partial charge in [0.1, 0.15) is 0 Å². The lowest BCUT2D eigenvalue weighted by Crippen LogP contribution is -2.32. The summed E-state index contributed by atoms with van der Waals surface area (Å²) in [6, 6.07) is 1.98. The molecule has 0 amide bonds. The molecule has 1 aliphatic heterocycles. The maximum absolute atomic E-state index is 11.2. The first kappa shape index (κ1) is 12.4. The first-order chi connectivity index (χ1) is 8.15. The largest absolute Gasteiger partial charge is 0.313 e. The molecule has 1 saturated heterocycles. The third-order valence-corrected chi connectivity index (χ3v) is 3.86. The predicted molar refractivity (Wildman–Crippen MR) is 70.7 cm³/mol. The summed E-state index contributed by atoms with van der Waals surface area (Å²) < 4.78 is 1.79. The third kappa shape index (κ3) is 3.44. The molecule has 1 atom stereocenters. The van der Waals surface area contributed by atoms with Crippen LogP contribution < -0.4 is 5.32 Å². The summed E-state index contributed by atoms with van der Waals surface area (Å²) in [4.78, 5) is 11.2. The molecule has 1 aromatic rings. The Morgan fingerprint density at radius 3 is 3.18 bits per heavy atom. The van der Waals surface area contributed by atoms with E-state index in [0.29, 0.717) is 5.25 Å². The Hall–Kier alpha value is -1.07. The fraction of sp³-hybridized carbons (Fsp3) is 0.500. The van der Waals surface area contributed by atoms with Crippen molar-refractivity contribution in [3.05, 3.63) is 23.5 Å². The summed E-state index contributed by atoms with van der Waals surface area (Å²) in [6.45, 7) is 3.46. The van der Waals surface area contributed by atoms with Gasteiger partial charge < -0.3 is 5.32 Å². The Labute approximate surface area is 105 Å². The van der Waals surface area contributed by atoms with Gasteiger partial charge in [0, 0.05) is 32.0 Å². The quantitative estimate of drug-likeness (QED) is 0.864. The Morgan fingerprint density at radius 2 is 2.53 bits per heavy atom. The van der Waals surface area contributed by atoms with Crippen LogP contribution in [-0.2, 0) is 11.8 Å². The molecule has 1 unspecified atom stereocenters. The number of nitrogens with zero attached hydrogens (tertiary/aromatic N) is 2. The molecule has 17 heavy (non-hydrogen) atoms. The standard InChI is InChI=1S/C12H17N3OS/c1-9(16)17-12-3-5-13-8-10(12)7-11-4-6-15(2)14-11/h4,6-7,12-13H,3,5,8H2,1-2H3/b10-7+. The van der Waals surface area contributed by atoms with Crippen molar-refractivity contribution < 1.29 is 4.79 Å². The van der Waals surface area contributed by atoms with Crippen molar-refractivity contribution in [2.75, 3.05) is 13.1 Å². The normalized spacial score (nSPS) is 22.9. The van der Waals surface area contributed by atoms with Crippen molar-refractivity contribution >= 4 is 23.0 Å². The molecule has 1 aromatic heterocycles. The van der Waals surface area contributed by atoms with Gasteiger partial charge >= 0.3 is 0 Å². The molecule has 0 bridgehead atoms. The van der Waals surface area contributed by atoms with E-state index in [9.17, 15) is 4.79 Å². The lowest BCUT2D eigenvalue weighted by molar-refractivity contribution is -0.109. The van der Waals surface area contributed by atoms with Crippen LogP contribution in [0.5, 0.6) is 0 Å². The zero-order valence-corrected chi connectivity index (χ0v) is 11.0. The van der Waals surface area contributed by atoms with Gasteiger partial charge in [-0.2, -0.15) is 5.10 Å². The lowest BCUT2D eigenvalue weighted by atomic mass is 10.0. The van der Waals surface area contributed by atoms with Crippen LogP contribution in [0.25, 0.3) is 6.08 Å². The van der Waals surface area contributed by atoms with Crippen LogP contribution in [0.4, 0.5) is 0 Å². The van der Waals surface area contributed by atoms with Gasteiger partial charge in [0.2, 0.25) is 0 Å². The molecule has 0 saturated carbocycles. The van der Waals surface area contributed by atoms with E-state index in [1.165, 1.54) is 17.3 Å². The van der Waals surface area contributed by atoms with Gasteiger partial charge in [0.15, 0.2) is 5.12 Å². The molecular weight excluding hydrogens is 234 g/mol. The number of aryl methyl sites for hydroxylation is 1. The van der Waals surface area contributed by atoms with Gasteiger partial charge in [-0.15, -0.1) is 0 Å². The molecule has 0 radical (unpaired) electrons. The van der Waals surface area contributed by atoms with E-state index in [-0.39, 0.29) is 5.12 Å². The highest BCUT2D eigenvalue weighted by atomic mass is 32.2. The van der Waals surface area contributed by atoms with Crippen molar-refractivity contribution in [3.63, 3.8) is 0 Å². The van der Waals surface area contributed by atoms with Crippen molar-refractivity contribution in [3.8, 4) is 0 Å². The Kier molecular flexibility index (Phi) is 4.02. The molecule has 1 aliphatic rings. The Morgan fingerprint density at radius 1 is 1.71 bits per heavy atom. The van der Waals surface area contributed by atoms with Crippen molar-refractivity contribution in [1.82, 2.24) is 15.1 Å². The summed E-state index contributed by atoms with van der Waals surface area (Å²) >= 11 is 1.43. The minimum absolute atomic E-state index is 0.184. The number of nitrogens with one attached hydrogen (secondary N) is 1. The second kappa shape index (κ2) is 5.51. The molecule has 0 aliphatic carbocycles. The highest BCUT2D eigenvalue weighted by Crippen LogP contribution is 2.26. The Balaban J connectivity index is 2.15. The molecule has 2 rings (SSSR count). The van der Waals surface area contributed by atoms with Crippen LogP contribution >= 0.6 is 11.8 Å². The van der Waals surface area contributed by atoms with Gasteiger partial charge in [-0.05, 0) is 30.7 Å². The Bertz CT molecular complexity index is 439. The predicted octanol–water partition coefficient (Wildman–Crippen LogP) is 1.45. The molecule has 1 N–H and O–H groups in total. The van der Waals surface area contributed by atoms with E-state index in [4.69, 9.17) is 0 Å². The highest BCUT2D eigenvalue weighted by Gasteiger charge is 2.20. The average Bonchev–Trinajstić information content (AvgIpc) is 2.66. The van der Waals surface area contributed by atoms with Crippen LogP contribution in [0.2, 0.25) is 0 Å². The number of rotatable bonds is 2. The molecule has 2 heterocycles. The number of piperidine rings is 1. The molecule has 0 spiro atoms. The van der Waals surface area contributed by atoms with Crippen LogP contribution in [0, 0.1) is 0 Å². The number of hydrogen-bond acceptors (Lipinski definition) is 4. The van der Waals surface area contributed by atoms with Gasteiger partial charge in [0.25, 0.3) is 0 Å². The first-order valence-electron chi connectivity index (χ1n) is 5.73. The van der Waals surface area contributed by atoms with Crippen molar-refractivity contribution in [1.29, 1.82) is 0 Å². The van der Waals surface area contributed by atoms with Crippen LogP contribution in [0.15, 0.2) is 17.8 Å². The van der Waals surface area contributed by atoms with Crippen molar-refractivity contribution in [2.45, 2.75) is 18.6 Å². The number of carbonyl (C=O) groups excluding carboxylic acids is 1. The minimum atomic E-state index is 0.184. The molecule has 1 fully saturated rings. The fourth-order valence-corrected chi connectivity index (χ4v) is 2.88. The first-order valence-corrected chi connectivity index (χ1v) is 6.61. The lowest BCUT2D eigenvalue weighted by Gasteiger charge is -2.24. The minimum Gasteiger partial charge on any atom is -0.313 e. The summed E-state index contributed by atoms with van der Waals surface area (Å²) in [5.74, 6) is 0. The van der Waals surface area contributed by atoms with E-state index in [1.807, 2.05) is 19.3 Å². The second-order valence-corrected chi connectivity index (χ2v) is 5.58. The topological polar surface area (TPSA) is 46.9 Å². The van der Waals surface area contributed by atoms with E-state index in [1.54, 1.807) is 11.6 Å². The SMILES string of the molecule is CC(=O)SC1CCNC/C1=C\c1ccn(C)n1. The maximum atomic E-state index is 11.2.